The van der Waals surface area contributed by atoms with Crippen molar-refractivity contribution in [3.05, 3.63) is 35.4 Å². The van der Waals surface area contributed by atoms with Crippen LogP contribution >= 0.6 is 12.6 Å². The van der Waals surface area contributed by atoms with Crippen LogP contribution < -0.4 is 0 Å². The second-order valence-corrected chi connectivity index (χ2v) is 4.05. The van der Waals surface area contributed by atoms with Crippen molar-refractivity contribution >= 4 is 12.6 Å². The molecule has 0 atom stereocenters. The highest BCUT2D eigenvalue weighted by atomic mass is 32.1. The second kappa shape index (κ2) is 4.01. The third-order valence-electron chi connectivity index (χ3n) is 2.71. The molecule has 1 nitrogen and oxygen atoms in total. The topological polar surface area (TPSA) is 23.8 Å². The van der Waals surface area contributed by atoms with Crippen molar-refractivity contribution in [2.75, 3.05) is 5.75 Å². The van der Waals surface area contributed by atoms with E-state index in [2.05, 4.69) is 30.5 Å². The molecule has 0 radical (unpaired) electrons. The van der Waals surface area contributed by atoms with Gasteiger partial charge in [-0.2, -0.15) is 17.9 Å². The minimum Gasteiger partial charge on any atom is -0.197 e. The standard InChI is InChI=1S/C13H11NS/c14-10-13(7-8-13)12-5-3-11(4-6-12)2-1-9-15/h3-6,15H,7-9H2. The first-order valence-electron chi connectivity index (χ1n) is 4.92. The molecule has 0 aromatic heterocycles. The Labute approximate surface area is 95.5 Å². The Kier molecular flexibility index (Phi) is 2.71. The lowest BCUT2D eigenvalue weighted by atomic mass is 9.97. The first kappa shape index (κ1) is 10.1. The van der Waals surface area contributed by atoms with Crippen molar-refractivity contribution in [2.24, 2.45) is 0 Å². The Morgan fingerprint density at radius 3 is 2.40 bits per heavy atom. The Bertz CT molecular complexity index is 452. The van der Waals surface area contributed by atoms with Crippen LogP contribution in [0.2, 0.25) is 0 Å². The van der Waals surface area contributed by atoms with Gasteiger partial charge in [0, 0.05) is 5.56 Å². The van der Waals surface area contributed by atoms with Gasteiger partial charge in [-0.15, -0.1) is 0 Å². The molecule has 1 aliphatic rings. The molecular weight excluding hydrogens is 202 g/mol. The summed E-state index contributed by atoms with van der Waals surface area (Å²) in [6, 6.07) is 10.4. The number of hydrogen-bond donors (Lipinski definition) is 1. The van der Waals surface area contributed by atoms with Crippen LogP contribution in [0.5, 0.6) is 0 Å². The minimum atomic E-state index is -0.185. The molecule has 1 aromatic rings. The predicted octanol–water partition coefficient (Wildman–Crippen LogP) is 2.52. The SMILES string of the molecule is N#CC1(c2ccc(C#CCS)cc2)CC1. The summed E-state index contributed by atoms with van der Waals surface area (Å²) in [7, 11) is 0. The van der Waals surface area contributed by atoms with Gasteiger partial charge in [-0.25, -0.2) is 0 Å². The molecule has 1 aliphatic carbocycles. The molecule has 1 saturated carbocycles. The molecule has 0 aliphatic heterocycles. The largest absolute Gasteiger partial charge is 0.197 e. The van der Waals surface area contributed by atoms with Crippen LogP contribution in [0.4, 0.5) is 0 Å². The van der Waals surface area contributed by atoms with Gasteiger partial charge in [0.2, 0.25) is 0 Å². The van der Waals surface area contributed by atoms with E-state index in [0.29, 0.717) is 5.75 Å². The second-order valence-electron chi connectivity index (χ2n) is 3.73. The van der Waals surface area contributed by atoms with Gasteiger partial charge in [0.15, 0.2) is 0 Å². The van der Waals surface area contributed by atoms with Crippen LogP contribution in [-0.2, 0) is 5.41 Å². The predicted molar refractivity (Wildman–Crippen MR) is 63.7 cm³/mol. The Morgan fingerprint density at radius 1 is 1.27 bits per heavy atom. The van der Waals surface area contributed by atoms with Crippen molar-refractivity contribution < 1.29 is 0 Å². The Balaban J connectivity index is 2.22. The first-order valence-corrected chi connectivity index (χ1v) is 5.55. The number of rotatable bonds is 1. The number of thiol groups is 1. The van der Waals surface area contributed by atoms with Crippen LogP contribution in [0.15, 0.2) is 24.3 Å². The average molecular weight is 213 g/mol. The van der Waals surface area contributed by atoms with Crippen LogP contribution in [0.25, 0.3) is 0 Å². The fourth-order valence-corrected chi connectivity index (χ4v) is 1.68. The normalized spacial score (nSPS) is 16.0. The highest BCUT2D eigenvalue weighted by molar-refractivity contribution is 7.80. The van der Waals surface area contributed by atoms with Crippen molar-refractivity contribution in [1.29, 1.82) is 5.26 Å². The van der Waals surface area contributed by atoms with E-state index in [9.17, 15) is 0 Å². The summed E-state index contributed by atoms with van der Waals surface area (Å²) in [6.45, 7) is 0. The monoisotopic (exact) mass is 213 g/mol. The van der Waals surface area contributed by atoms with Gasteiger partial charge in [-0.1, -0.05) is 24.0 Å². The summed E-state index contributed by atoms with van der Waals surface area (Å²) < 4.78 is 0. The molecule has 0 spiro atoms. The summed E-state index contributed by atoms with van der Waals surface area (Å²) in [6.07, 6.45) is 1.98. The molecular formula is C13H11NS. The van der Waals surface area contributed by atoms with E-state index < -0.39 is 0 Å². The van der Waals surface area contributed by atoms with Gasteiger partial charge in [0.05, 0.1) is 17.2 Å². The third-order valence-corrected chi connectivity index (χ3v) is 2.87. The Hall–Kier alpha value is -1.38. The van der Waals surface area contributed by atoms with Gasteiger partial charge in [0.25, 0.3) is 0 Å². The lowest BCUT2D eigenvalue weighted by molar-refractivity contribution is 0.908. The van der Waals surface area contributed by atoms with Gasteiger partial charge >= 0.3 is 0 Å². The van der Waals surface area contributed by atoms with Crippen molar-refractivity contribution in [3.63, 3.8) is 0 Å². The fraction of sp³-hybridized carbons (Fsp3) is 0.308. The fourth-order valence-electron chi connectivity index (χ4n) is 1.60. The maximum atomic E-state index is 9.03. The summed E-state index contributed by atoms with van der Waals surface area (Å²) in [5.74, 6) is 6.48. The van der Waals surface area contributed by atoms with E-state index >= 15 is 0 Å². The van der Waals surface area contributed by atoms with E-state index in [0.717, 1.165) is 24.0 Å². The van der Waals surface area contributed by atoms with Gasteiger partial charge in [-0.05, 0) is 30.5 Å². The third kappa shape index (κ3) is 2.01. The number of nitrogens with zero attached hydrogens (tertiary/aromatic N) is 1. The van der Waals surface area contributed by atoms with E-state index in [-0.39, 0.29) is 5.41 Å². The molecule has 1 fully saturated rings. The quantitative estimate of drug-likeness (QED) is 0.562. The van der Waals surface area contributed by atoms with E-state index in [1.165, 1.54) is 0 Å². The van der Waals surface area contributed by atoms with Crippen LogP contribution in [0.3, 0.4) is 0 Å². The minimum absolute atomic E-state index is 0.185. The molecule has 2 rings (SSSR count). The lowest BCUT2D eigenvalue weighted by Crippen LogP contribution is -2.01. The molecule has 74 valence electrons. The molecule has 0 bridgehead atoms. The molecule has 1 aromatic carbocycles. The molecule has 2 heteroatoms. The van der Waals surface area contributed by atoms with E-state index in [4.69, 9.17) is 5.26 Å². The van der Waals surface area contributed by atoms with E-state index in [1.54, 1.807) is 0 Å². The highest BCUT2D eigenvalue weighted by Crippen LogP contribution is 2.47. The smallest absolute Gasteiger partial charge is 0.0823 e. The van der Waals surface area contributed by atoms with Crippen molar-refractivity contribution in [1.82, 2.24) is 0 Å². The summed E-state index contributed by atoms with van der Waals surface area (Å²) >= 11 is 4.03. The highest BCUT2D eigenvalue weighted by Gasteiger charge is 2.44. The average Bonchev–Trinajstić information content (AvgIpc) is 3.08. The van der Waals surface area contributed by atoms with Gasteiger partial charge in [0.1, 0.15) is 0 Å². The molecule has 0 saturated heterocycles. The number of benzene rings is 1. The van der Waals surface area contributed by atoms with Crippen LogP contribution in [0, 0.1) is 23.2 Å². The van der Waals surface area contributed by atoms with E-state index in [1.807, 2.05) is 24.3 Å². The van der Waals surface area contributed by atoms with Gasteiger partial charge < -0.3 is 0 Å². The molecule has 0 N–H and O–H groups in total. The van der Waals surface area contributed by atoms with Crippen molar-refractivity contribution in [3.8, 4) is 17.9 Å². The van der Waals surface area contributed by atoms with Crippen LogP contribution in [0.1, 0.15) is 24.0 Å². The summed E-state index contributed by atoms with van der Waals surface area (Å²) in [5.41, 5.74) is 1.93. The molecule has 0 amide bonds. The lowest BCUT2D eigenvalue weighted by Gasteiger charge is -2.04. The zero-order valence-corrected chi connectivity index (χ0v) is 9.22. The maximum Gasteiger partial charge on any atom is 0.0823 e. The number of nitriles is 1. The van der Waals surface area contributed by atoms with Crippen molar-refractivity contribution in [2.45, 2.75) is 18.3 Å². The zero-order valence-electron chi connectivity index (χ0n) is 8.33. The number of hydrogen-bond acceptors (Lipinski definition) is 2. The Morgan fingerprint density at radius 2 is 1.93 bits per heavy atom. The maximum absolute atomic E-state index is 9.03. The zero-order chi connectivity index (χ0) is 10.7. The molecule has 0 unspecified atom stereocenters. The van der Waals surface area contributed by atoms with Crippen LogP contribution in [-0.4, -0.2) is 5.75 Å². The molecule has 15 heavy (non-hydrogen) atoms. The van der Waals surface area contributed by atoms with Gasteiger partial charge in [-0.3, -0.25) is 0 Å². The summed E-state index contributed by atoms with van der Waals surface area (Å²) in [5, 5.41) is 9.03. The molecule has 0 heterocycles. The summed E-state index contributed by atoms with van der Waals surface area (Å²) in [4.78, 5) is 0. The first-order chi connectivity index (χ1) is 7.30.